The molecule has 1 aliphatic heterocycles. The first-order chi connectivity index (χ1) is 4.38. The minimum absolute atomic E-state index is 0.155. The predicted octanol–water partition coefficient (Wildman–Crippen LogP) is 0.674. The topological polar surface area (TPSA) is 45.7 Å². The molecule has 2 unspecified atom stereocenters. The van der Waals surface area contributed by atoms with Crippen molar-refractivity contribution >= 4 is 0 Å². The molecule has 1 rings (SSSR count). The Hall–Kier alpha value is -0.810. The second-order valence-electron chi connectivity index (χ2n) is 2.27. The van der Waals surface area contributed by atoms with E-state index < -0.39 is 0 Å². The van der Waals surface area contributed by atoms with Gasteiger partial charge >= 0.3 is 0 Å². The Labute approximate surface area is 55.2 Å². The summed E-state index contributed by atoms with van der Waals surface area (Å²) < 4.78 is 0. The predicted molar refractivity (Wildman–Crippen MR) is 35.7 cm³/mol. The Morgan fingerprint density at radius 1 is 2.00 bits per heavy atom. The van der Waals surface area contributed by atoms with E-state index in [0.717, 1.165) is 13.0 Å². The van der Waals surface area contributed by atoms with Crippen LogP contribution in [0.2, 0.25) is 0 Å². The Kier molecular flexibility index (Phi) is 1.86. The van der Waals surface area contributed by atoms with Crippen molar-refractivity contribution in [1.82, 2.24) is 5.32 Å². The fraction of sp³-hybridized carbons (Fsp3) is 0.571. The van der Waals surface area contributed by atoms with E-state index in [1.165, 1.54) is 0 Å². The van der Waals surface area contributed by atoms with E-state index in [1.807, 2.05) is 0 Å². The Morgan fingerprint density at radius 3 is 3.00 bits per heavy atom. The molecule has 0 spiro atoms. The highest BCUT2D eigenvalue weighted by atomic mass is 15.1. The lowest BCUT2D eigenvalue weighted by Crippen LogP contribution is -2.06. The molecule has 0 aromatic heterocycles. The molecule has 2 heteroatoms. The highest BCUT2D eigenvalue weighted by Gasteiger charge is 2.28. The number of nitriles is 1. The molecule has 0 aromatic carbocycles. The molecule has 1 fully saturated rings. The summed E-state index contributed by atoms with van der Waals surface area (Å²) in [7, 11) is 0. The summed E-state index contributed by atoms with van der Waals surface area (Å²) in [5.74, 6) is 0.155. The van der Waals surface area contributed by atoms with E-state index in [-0.39, 0.29) is 5.92 Å². The molecule has 0 saturated carbocycles. The third-order valence-electron chi connectivity index (χ3n) is 1.51. The average molecular weight is 122 g/mol. The number of hydrogen-bond donors (Lipinski definition) is 1. The molecule has 0 radical (unpaired) electrons. The van der Waals surface area contributed by atoms with E-state index in [0.29, 0.717) is 6.04 Å². The van der Waals surface area contributed by atoms with Crippen LogP contribution in [-0.2, 0) is 0 Å². The lowest BCUT2D eigenvalue weighted by molar-refractivity contribution is 0.660. The van der Waals surface area contributed by atoms with Gasteiger partial charge in [-0.15, -0.1) is 6.58 Å². The molecular weight excluding hydrogens is 112 g/mol. The van der Waals surface area contributed by atoms with Gasteiger partial charge in [0.1, 0.15) is 0 Å². The van der Waals surface area contributed by atoms with E-state index >= 15 is 0 Å². The number of allylic oxidation sites excluding steroid dienone is 1. The number of rotatable bonds is 3. The first kappa shape index (κ1) is 6.31. The standard InChI is InChI=1S/C7H10N2/c1-2-3-6(4-8)7-5-9-7/h2,6-7,9H,1,3,5H2. The van der Waals surface area contributed by atoms with Gasteiger partial charge in [0.2, 0.25) is 0 Å². The summed E-state index contributed by atoms with van der Waals surface area (Å²) in [6.07, 6.45) is 2.61. The van der Waals surface area contributed by atoms with Crippen molar-refractivity contribution in [3.8, 4) is 6.07 Å². The van der Waals surface area contributed by atoms with Gasteiger partial charge in [-0.1, -0.05) is 6.08 Å². The highest BCUT2D eigenvalue weighted by Crippen LogP contribution is 2.14. The summed E-state index contributed by atoms with van der Waals surface area (Å²) in [5, 5.41) is 11.6. The van der Waals surface area contributed by atoms with Crippen LogP contribution in [0.1, 0.15) is 6.42 Å². The number of hydrogen-bond acceptors (Lipinski definition) is 2. The molecule has 0 aliphatic carbocycles. The molecule has 9 heavy (non-hydrogen) atoms. The zero-order chi connectivity index (χ0) is 6.69. The largest absolute Gasteiger partial charge is 0.310 e. The Bertz CT molecular complexity index is 141. The fourth-order valence-electron chi connectivity index (χ4n) is 0.839. The maximum Gasteiger partial charge on any atom is 0.0676 e. The quantitative estimate of drug-likeness (QED) is 0.442. The normalized spacial score (nSPS) is 26.3. The molecule has 0 amide bonds. The monoisotopic (exact) mass is 122 g/mol. The molecule has 48 valence electrons. The van der Waals surface area contributed by atoms with Gasteiger partial charge < -0.3 is 5.32 Å². The van der Waals surface area contributed by atoms with Crippen LogP contribution in [0.25, 0.3) is 0 Å². The Balaban J connectivity index is 2.30. The summed E-state index contributed by atoms with van der Waals surface area (Å²) in [6.45, 7) is 4.59. The molecule has 2 nitrogen and oxygen atoms in total. The average Bonchev–Trinajstić information content (AvgIpc) is 2.64. The van der Waals surface area contributed by atoms with Gasteiger partial charge in [-0.25, -0.2) is 0 Å². The van der Waals surface area contributed by atoms with E-state index in [9.17, 15) is 0 Å². The van der Waals surface area contributed by atoms with Crippen LogP contribution in [0.5, 0.6) is 0 Å². The van der Waals surface area contributed by atoms with Crippen molar-refractivity contribution in [2.45, 2.75) is 12.5 Å². The molecule has 1 saturated heterocycles. The van der Waals surface area contributed by atoms with E-state index in [1.54, 1.807) is 6.08 Å². The maximum absolute atomic E-state index is 8.53. The first-order valence-electron chi connectivity index (χ1n) is 3.12. The van der Waals surface area contributed by atoms with Gasteiger partial charge in [0.05, 0.1) is 12.0 Å². The second-order valence-corrected chi connectivity index (χ2v) is 2.27. The van der Waals surface area contributed by atoms with Crippen molar-refractivity contribution in [2.75, 3.05) is 6.54 Å². The summed E-state index contributed by atoms with van der Waals surface area (Å²) in [6, 6.07) is 2.68. The van der Waals surface area contributed by atoms with Gasteiger partial charge in [0.15, 0.2) is 0 Å². The lowest BCUT2D eigenvalue weighted by atomic mass is 10.0. The van der Waals surface area contributed by atoms with Gasteiger partial charge in [0, 0.05) is 12.6 Å². The van der Waals surface area contributed by atoms with Crippen LogP contribution in [0.15, 0.2) is 12.7 Å². The van der Waals surface area contributed by atoms with Crippen LogP contribution in [0.4, 0.5) is 0 Å². The molecular formula is C7H10N2. The summed E-state index contributed by atoms with van der Waals surface area (Å²) in [4.78, 5) is 0. The second kappa shape index (κ2) is 2.65. The Morgan fingerprint density at radius 2 is 2.67 bits per heavy atom. The maximum atomic E-state index is 8.53. The van der Waals surface area contributed by atoms with E-state index in [2.05, 4.69) is 18.0 Å². The van der Waals surface area contributed by atoms with Gasteiger partial charge in [-0.05, 0) is 6.42 Å². The molecule has 2 atom stereocenters. The van der Waals surface area contributed by atoms with Crippen LogP contribution < -0.4 is 5.32 Å². The number of nitrogens with zero attached hydrogens (tertiary/aromatic N) is 1. The van der Waals surface area contributed by atoms with Crippen LogP contribution >= 0.6 is 0 Å². The van der Waals surface area contributed by atoms with Gasteiger partial charge in [0.25, 0.3) is 0 Å². The third kappa shape index (κ3) is 1.55. The fourth-order valence-corrected chi connectivity index (χ4v) is 0.839. The highest BCUT2D eigenvalue weighted by molar-refractivity contribution is 5.02. The van der Waals surface area contributed by atoms with Crippen molar-refractivity contribution in [2.24, 2.45) is 5.92 Å². The van der Waals surface area contributed by atoms with Crippen LogP contribution in [0, 0.1) is 17.2 Å². The van der Waals surface area contributed by atoms with Crippen molar-refractivity contribution < 1.29 is 0 Å². The van der Waals surface area contributed by atoms with Crippen LogP contribution in [0.3, 0.4) is 0 Å². The lowest BCUT2D eigenvalue weighted by Gasteiger charge is -1.98. The minimum atomic E-state index is 0.155. The summed E-state index contributed by atoms with van der Waals surface area (Å²) >= 11 is 0. The van der Waals surface area contributed by atoms with Crippen molar-refractivity contribution in [3.63, 3.8) is 0 Å². The van der Waals surface area contributed by atoms with Crippen molar-refractivity contribution in [1.29, 1.82) is 5.26 Å². The molecule has 0 bridgehead atoms. The van der Waals surface area contributed by atoms with Gasteiger partial charge in [-0.3, -0.25) is 0 Å². The van der Waals surface area contributed by atoms with E-state index in [4.69, 9.17) is 5.26 Å². The molecule has 1 N–H and O–H groups in total. The molecule has 1 heterocycles. The number of nitrogens with one attached hydrogen (secondary N) is 1. The van der Waals surface area contributed by atoms with Crippen molar-refractivity contribution in [3.05, 3.63) is 12.7 Å². The molecule has 0 aromatic rings. The summed E-state index contributed by atoms with van der Waals surface area (Å²) in [5.41, 5.74) is 0. The first-order valence-corrected chi connectivity index (χ1v) is 3.12. The third-order valence-corrected chi connectivity index (χ3v) is 1.51. The zero-order valence-corrected chi connectivity index (χ0v) is 5.30. The SMILES string of the molecule is C=CCC(C#N)C1CN1. The molecule has 1 aliphatic rings. The minimum Gasteiger partial charge on any atom is -0.310 e. The van der Waals surface area contributed by atoms with Gasteiger partial charge in [-0.2, -0.15) is 5.26 Å². The smallest absolute Gasteiger partial charge is 0.0676 e. The van der Waals surface area contributed by atoms with Crippen LogP contribution in [-0.4, -0.2) is 12.6 Å². The zero-order valence-electron chi connectivity index (χ0n) is 5.30.